The van der Waals surface area contributed by atoms with Crippen LogP contribution in [0.15, 0.2) is 60.0 Å². The normalized spacial score (nSPS) is 16.4. The van der Waals surface area contributed by atoms with Crippen molar-refractivity contribution >= 4 is 28.8 Å². The van der Waals surface area contributed by atoms with Gasteiger partial charge in [0.25, 0.3) is 5.91 Å². The number of nitrogens with one attached hydrogen (secondary N) is 1. The maximum atomic E-state index is 14.0. The first kappa shape index (κ1) is 17.4. The van der Waals surface area contributed by atoms with Crippen LogP contribution >= 0.6 is 11.3 Å². The van der Waals surface area contributed by atoms with Crippen molar-refractivity contribution in [3.63, 3.8) is 0 Å². The number of amides is 2. The number of nitrogens with zero attached hydrogens (tertiary/aromatic N) is 1. The van der Waals surface area contributed by atoms with E-state index in [0.29, 0.717) is 16.8 Å². The minimum Gasteiger partial charge on any atom is -0.324 e. The van der Waals surface area contributed by atoms with E-state index < -0.39 is 11.9 Å². The van der Waals surface area contributed by atoms with Crippen LogP contribution in [0.25, 0.3) is 0 Å². The summed E-state index contributed by atoms with van der Waals surface area (Å²) in [6.45, 7) is 1.84. The number of anilines is 1. The Hall–Kier alpha value is -2.99. The first-order chi connectivity index (χ1) is 13.0. The van der Waals surface area contributed by atoms with Gasteiger partial charge >= 0.3 is 0 Å². The average Bonchev–Trinajstić information content (AvgIpc) is 3.13. The lowest BCUT2D eigenvalue weighted by atomic mass is 10.0. The van der Waals surface area contributed by atoms with Crippen molar-refractivity contribution < 1.29 is 14.0 Å². The topological polar surface area (TPSA) is 49.4 Å². The van der Waals surface area contributed by atoms with E-state index in [1.165, 1.54) is 28.4 Å². The molecule has 1 aliphatic heterocycles. The Morgan fingerprint density at radius 3 is 2.67 bits per heavy atom. The Balaban J connectivity index is 1.86. The van der Waals surface area contributed by atoms with Crippen molar-refractivity contribution in [1.29, 1.82) is 0 Å². The van der Waals surface area contributed by atoms with Gasteiger partial charge in [-0.25, -0.2) is 4.39 Å². The van der Waals surface area contributed by atoms with Gasteiger partial charge in [-0.05, 0) is 48.7 Å². The number of thiophene rings is 1. The van der Waals surface area contributed by atoms with Gasteiger partial charge in [0.1, 0.15) is 12.4 Å². The number of rotatable bonds is 2. The smallest absolute Gasteiger partial charge is 0.255 e. The van der Waals surface area contributed by atoms with E-state index in [4.69, 9.17) is 0 Å². The van der Waals surface area contributed by atoms with Crippen LogP contribution in [0, 0.1) is 12.7 Å². The Kier molecular flexibility index (Phi) is 4.49. The van der Waals surface area contributed by atoms with Gasteiger partial charge in [0, 0.05) is 21.7 Å². The zero-order chi connectivity index (χ0) is 19.0. The fourth-order valence-corrected chi connectivity index (χ4v) is 4.14. The summed E-state index contributed by atoms with van der Waals surface area (Å²) in [7, 11) is 0. The quantitative estimate of drug-likeness (QED) is 0.717. The molecule has 2 amide bonds. The van der Waals surface area contributed by atoms with Gasteiger partial charge in [-0.1, -0.05) is 23.8 Å². The third-order valence-electron chi connectivity index (χ3n) is 4.58. The van der Waals surface area contributed by atoms with Crippen LogP contribution in [-0.4, -0.2) is 23.3 Å². The molecule has 3 aromatic rings. The summed E-state index contributed by atoms with van der Waals surface area (Å²) < 4.78 is 14.0. The minimum absolute atomic E-state index is 0.106. The number of hydrogen-bond acceptors (Lipinski definition) is 3. The zero-order valence-electron chi connectivity index (χ0n) is 14.6. The third-order valence-corrected chi connectivity index (χ3v) is 5.50. The number of carbonyl (C=O) groups is 2. The maximum absolute atomic E-state index is 14.0. The molecule has 0 saturated carbocycles. The molecular formula is C21H17FN2O2S. The van der Waals surface area contributed by atoms with Gasteiger partial charge < -0.3 is 10.2 Å². The number of halogens is 1. The highest BCUT2D eigenvalue weighted by molar-refractivity contribution is 7.10. The maximum Gasteiger partial charge on any atom is 0.255 e. The molecule has 1 aromatic heterocycles. The molecule has 0 spiro atoms. The van der Waals surface area contributed by atoms with Crippen molar-refractivity contribution in [3.8, 4) is 0 Å². The van der Waals surface area contributed by atoms with E-state index >= 15 is 0 Å². The summed E-state index contributed by atoms with van der Waals surface area (Å²) in [6.07, 6.45) is 0. The molecule has 1 atom stereocenters. The van der Waals surface area contributed by atoms with Crippen LogP contribution in [0.2, 0.25) is 0 Å². The van der Waals surface area contributed by atoms with Crippen LogP contribution in [0.1, 0.15) is 32.4 Å². The number of aryl methyl sites for hydroxylation is 1. The van der Waals surface area contributed by atoms with Gasteiger partial charge in [-0.2, -0.15) is 0 Å². The molecule has 0 radical (unpaired) electrons. The second kappa shape index (κ2) is 6.96. The second-order valence-electron chi connectivity index (χ2n) is 6.50. The molecule has 2 aromatic carbocycles. The Labute approximate surface area is 160 Å². The monoisotopic (exact) mass is 380 g/mol. The minimum atomic E-state index is -0.538. The molecule has 0 fully saturated rings. The van der Waals surface area contributed by atoms with E-state index in [2.05, 4.69) is 5.32 Å². The van der Waals surface area contributed by atoms with Gasteiger partial charge in [0.15, 0.2) is 0 Å². The van der Waals surface area contributed by atoms with Crippen molar-refractivity contribution in [1.82, 2.24) is 4.90 Å². The molecule has 136 valence electrons. The second-order valence-corrected chi connectivity index (χ2v) is 7.48. The standard InChI is InChI=1S/C21H17FN2O2S/c1-13-4-6-14(7-5-13)21(26)24-12-19(25)23-17-9-8-15(22)11-16(17)20(24)18-3-2-10-27-18/h2-11,20H,12H2,1H3,(H,23,25). The summed E-state index contributed by atoms with van der Waals surface area (Å²) in [6, 6.07) is 14.7. The van der Waals surface area contributed by atoms with Crippen molar-refractivity contribution in [2.24, 2.45) is 0 Å². The predicted molar refractivity (Wildman–Crippen MR) is 103 cm³/mol. The molecule has 4 nitrogen and oxygen atoms in total. The summed E-state index contributed by atoms with van der Waals surface area (Å²) in [5.41, 5.74) is 2.64. The first-order valence-electron chi connectivity index (χ1n) is 8.53. The van der Waals surface area contributed by atoms with Crippen molar-refractivity contribution in [2.75, 3.05) is 11.9 Å². The SMILES string of the molecule is Cc1ccc(C(=O)N2CC(=O)Nc3ccc(F)cc3C2c2cccs2)cc1. The van der Waals surface area contributed by atoms with Crippen LogP contribution < -0.4 is 5.32 Å². The molecule has 6 heteroatoms. The summed E-state index contributed by atoms with van der Waals surface area (Å²) in [5, 5.41) is 4.70. The molecule has 0 saturated heterocycles. The van der Waals surface area contributed by atoms with E-state index in [0.717, 1.165) is 10.4 Å². The molecule has 0 aliphatic carbocycles. The lowest BCUT2D eigenvalue weighted by Crippen LogP contribution is -2.38. The molecule has 4 rings (SSSR count). The molecule has 2 heterocycles. The summed E-state index contributed by atoms with van der Waals surface area (Å²) in [5.74, 6) is -0.975. The highest BCUT2D eigenvalue weighted by Crippen LogP contribution is 2.38. The predicted octanol–water partition coefficient (Wildman–Crippen LogP) is 4.38. The number of carbonyl (C=O) groups excluding carboxylic acids is 2. The van der Waals surface area contributed by atoms with Gasteiger partial charge in [0.05, 0.1) is 6.04 Å². The van der Waals surface area contributed by atoms with Crippen LogP contribution in [0.3, 0.4) is 0 Å². The number of benzene rings is 2. The lowest BCUT2D eigenvalue weighted by molar-refractivity contribution is -0.117. The Morgan fingerprint density at radius 2 is 1.96 bits per heavy atom. The Bertz CT molecular complexity index is 1000. The first-order valence-corrected chi connectivity index (χ1v) is 9.41. The summed E-state index contributed by atoms with van der Waals surface area (Å²) >= 11 is 1.47. The third kappa shape index (κ3) is 3.36. The van der Waals surface area contributed by atoms with E-state index in [1.807, 2.05) is 36.6 Å². The average molecular weight is 380 g/mol. The van der Waals surface area contributed by atoms with E-state index in [9.17, 15) is 14.0 Å². The van der Waals surface area contributed by atoms with E-state index in [1.54, 1.807) is 18.2 Å². The van der Waals surface area contributed by atoms with Crippen LogP contribution in [0.5, 0.6) is 0 Å². The van der Waals surface area contributed by atoms with Crippen LogP contribution in [0.4, 0.5) is 10.1 Å². The van der Waals surface area contributed by atoms with Crippen LogP contribution in [-0.2, 0) is 4.79 Å². The van der Waals surface area contributed by atoms with Gasteiger partial charge in [-0.15, -0.1) is 11.3 Å². The molecular weight excluding hydrogens is 363 g/mol. The molecule has 0 bridgehead atoms. The molecule has 1 aliphatic rings. The van der Waals surface area contributed by atoms with E-state index in [-0.39, 0.29) is 18.4 Å². The summed E-state index contributed by atoms with van der Waals surface area (Å²) in [4.78, 5) is 28.1. The largest absolute Gasteiger partial charge is 0.324 e. The molecule has 1 N–H and O–H groups in total. The van der Waals surface area contributed by atoms with Gasteiger partial charge in [0.2, 0.25) is 5.91 Å². The van der Waals surface area contributed by atoms with Crippen molar-refractivity contribution in [3.05, 3.63) is 87.4 Å². The van der Waals surface area contributed by atoms with Crippen molar-refractivity contribution in [2.45, 2.75) is 13.0 Å². The highest BCUT2D eigenvalue weighted by atomic mass is 32.1. The van der Waals surface area contributed by atoms with Gasteiger partial charge in [-0.3, -0.25) is 9.59 Å². The fourth-order valence-electron chi connectivity index (χ4n) is 3.28. The molecule has 1 unspecified atom stereocenters. The molecule has 27 heavy (non-hydrogen) atoms. The highest BCUT2D eigenvalue weighted by Gasteiger charge is 2.34. The Morgan fingerprint density at radius 1 is 1.19 bits per heavy atom. The number of hydrogen-bond donors (Lipinski definition) is 1. The zero-order valence-corrected chi connectivity index (χ0v) is 15.4. The fraction of sp³-hybridized carbons (Fsp3) is 0.143. The lowest BCUT2D eigenvalue weighted by Gasteiger charge is -2.29. The number of fused-ring (bicyclic) bond motifs is 1.